The summed E-state index contributed by atoms with van der Waals surface area (Å²) in [5.74, 6) is -2.96. The molecule has 1 N–H and O–H groups in total. The Labute approximate surface area is 150 Å². The minimum absolute atomic E-state index is 0.0284. The third-order valence-corrected chi connectivity index (χ3v) is 6.64. The molecule has 2 aliphatic heterocycles. The molecule has 0 aromatic rings. The molecule has 2 fully saturated rings. The van der Waals surface area contributed by atoms with E-state index < -0.39 is 28.0 Å². The van der Waals surface area contributed by atoms with Crippen molar-refractivity contribution in [1.82, 2.24) is 14.5 Å². The van der Waals surface area contributed by atoms with Gasteiger partial charge in [0.25, 0.3) is 0 Å². The van der Waals surface area contributed by atoms with Crippen molar-refractivity contribution in [2.45, 2.75) is 38.3 Å². The number of amides is 2. The molecule has 0 saturated carbocycles. The molecule has 0 spiro atoms. The summed E-state index contributed by atoms with van der Waals surface area (Å²) >= 11 is 0. The SMILES string of the molecule is O=C(NCCS(=O)(=O)N1CCCCC1)C1CCN(C(=O)C(F)(F)F)CC1. The van der Waals surface area contributed by atoms with Crippen molar-refractivity contribution in [3.63, 3.8) is 0 Å². The number of hydrogen-bond donors (Lipinski definition) is 1. The molecule has 0 aliphatic carbocycles. The van der Waals surface area contributed by atoms with Gasteiger partial charge >= 0.3 is 12.1 Å². The quantitative estimate of drug-likeness (QED) is 0.738. The van der Waals surface area contributed by atoms with E-state index in [0.29, 0.717) is 18.0 Å². The molecule has 0 atom stereocenters. The van der Waals surface area contributed by atoms with Gasteiger partial charge in [-0.15, -0.1) is 0 Å². The van der Waals surface area contributed by atoms with Crippen LogP contribution in [-0.2, 0) is 19.6 Å². The maximum atomic E-state index is 12.4. The molecular weight excluding hydrogens is 375 g/mol. The highest BCUT2D eigenvalue weighted by Crippen LogP contribution is 2.24. The van der Waals surface area contributed by atoms with Crippen LogP contribution in [0.15, 0.2) is 0 Å². The molecule has 0 aromatic heterocycles. The van der Waals surface area contributed by atoms with Gasteiger partial charge in [-0.05, 0) is 25.7 Å². The van der Waals surface area contributed by atoms with Crippen molar-refractivity contribution in [3.8, 4) is 0 Å². The van der Waals surface area contributed by atoms with E-state index in [1.165, 1.54) is 4.31 Å². The van der Waals surface area contributed by atoms with Gasteiger partial charge in [0, 0.05) is 38.6 Å². The second-order valence-electron chi connectivity index (χ2n) is 6.63. The van der Waals surface area contributed by atoms with Crippen molar-refractivity contribution in [1.29, 1.82) is 0 Å². The molecule has 150 valence electrons. The second kappa shape index (κ2) is 8.55. The summed E-state index contributed by atoms with van der Waals surface area (Å²) in [4.78, 5) is 23.9. The van der Waals surface area contributed by atoms with Gasteiger partial charge in [0.15, 0.2) is 0 Å². The molecule has 0 unspecified atom stereocenters. The highest BCUT2D eigenvalue weighted by molar-refractivity contribution is 7.89. The molecule has 0 radical (unpaired) electrons. The van der Waals surface area contributed by atoms with Crippen LogP contribution >= 0.6 is 0 Å². The molecule has 11 heteroatoms. The normalized spacial score (nSPS) is 20.8. The monoisotopic (exact) mass is 399 g/mol. The molecule has 0 aromatic carbocycles. The second-order valence-corrected chi connectivity index (χ2v) is 8.72. The van der Waals surface area contributed by atoms with Gasteiger partial charge in [0.1, 0.15) is 0 Å². The first kappa shape index (κ1) is 20.9. The number of hydrogen-bond acceptors (Lipinski definition) is 4. The molecular formula is C15H24F3N3O4S. The van der Waals surface area contributed by atoms with Crippen LogP contribution in [0.25, 0.3) is 0 Å². The summed E-state index contributed by atoms with van der Waals surface area (Å²) < 4.78 is 63.0. The van der Waals surface area contributed by atoms with Crippen molar-refractivity contribution >= 4 is 21.8 Å². The minimum atomic E-state index is -4.90. The smallest absolute Gasteiger partial charge is 0.355 e. The molecule has 7 nitrogen and oxygen atoms in total. The lowest BCUT2D eigenvalue weighted by molar-refractivity contribution is -0.186. The first-order valence-electron chi connectivity index (χ1n) is 8.73. The van der Waals surface area contributed by atoms with E-state index in [0.717, 1.165) is 19.3 Å². The number of carbonyl (C=O) groups is 2. The van der Waals surface area contributed by atoms with Crippen LogP contribution in [-0.4, -0.2) is 74.1 Å². The van der Waals surface area contributed by atoms with Crippen LogP contribution in [0, 0.1) is 5.92 Å². The number of halogens is 3. The number of carbonyl (C=O) groups excluding carboxylic acids is 2. The Morgan fingerprint density at radius 1 is 1.00 bits per heavy atom. The predicted molar refractivity (Wildman–Crippen MR) is 87.6 cm³/mol. The Hall–Kier alpha value is -1.36. The van der Waals surface area contributed by atoms with Gasteiger partial charge in [-0.3, -0.25) is 9.59 Å². The average Bonchev–Trinajstić information content (AvgIpc) is 2.61. The number of nitrogens with one attached hydrogen (secondary N) is 1. The molecule has 2 amide bonds. The molecule has 2 heterocycles. The summed E-state index contributed by atoms with van der Waals surface area (Å²) in [6.45, 7) is 0.703. The minimum Gasteiger partial charge on any atom is -0.355 e. The zero-order valence-corrected chi connectivity index (χ0v) is 15.2. The van der Waals surface area contributed by atoms with Crippen LogP contribution in [0.2, 0.25) is 0 Å². The topological polar surface area (TPSA) is 86.8 Å². The Kier molecular flexibility index (Phi) is 6.89. The van der Waals surface area contributed by atoms with Crippen LogP contribution < -0.4 is 5.32 Å². The van der Waals surface area contributed by atoms with Crippen LogP contribution in [0.1, 0.15) is 32.1 Å². The van der Waals surface area contributed by atoms with E-state index in [1.807, 2.05) is 0 Å². The molecule has 2 rings (SSSR count). The third-order valence-electron chi connectivity index (χ3n) is 4.76. The zero-order valence-electron chi connectivity index (χ0n) is 14.4. The van der Waals surface area contributed by atoms with Gasteiger partial charge in [-0.1, -0.05) is 6.42 Å². The maximum Gasteiger partial charge on any atom is 0.471 e. The third kappa shape index (κ3) is 5.57. The van der Waals surface area contributed by atoms with Crippen LogP contribution in [0.3, 0.4) is 0 Å². The predicted octanol–water partition coefficient (Wildman–Crippen LogP) is 0.719. The van der Waals surface area contributed by atoms with Crippen LogP contribution in [0.4, 0.5) is 13.2 Å². The Balaban J connectivity index is 1.73. The van der Waals surface area contributed by atoms with E-state index in [9.17, 15) is 31.2 Å². The number of piperidine rings is 2. The van der Waals surface area contributed by atoms with E-state index in [2.05, 4.69) is 5.32 Å². The fraction of sp³-hybridized carbons (Fsp3) is 0.867. The lowest BCUT2D eigenvalue weighted by Gasteiger charge is -2.31. The summed E-state index contributed by atoms with van der Waals surface area (Å²) in [5.41, 5.74) is 0. The van der Waals surface area contributed by atoms with E-state index >= 15 is 0 Å². The highest BCUT2D eigenvalue weighted by atomic mass is 32.2. The van der Waals surface area contributed by atoms with Gasteiger partial charge in [0.05, 0.1) is 5.75 Å². The summed E-state index contributed by atoms with van der Waals surface area (Å²) in [6.07, 6.45) is -1.96. The number of alkyl halides is 3. The van der Waals surface area contributed by atoms with Crippen molar-refractivity contribution < 1.29 is 31.2 Å². The number of sulfonamides is 1. The number of likely N-dealkylation sites (tertiary alicyclic amines) is 1. The Morgan fingerprint density at radius 2 is 1.58 bits per heavy atom. The number of nitrogens with zero attached hydrogens (tertiary/aromatic N) is 2. The largest absolute Gasteiger partial charge is 0.471 e. The van der Waals surface area contributed by atoms with E-state index in [4.69, 9.17) is 0 Å². The first-order valence-corrected chi connectivity index (χ1v) is 10.3. The molecule has 2 saturated heterocycles. The van der Waals surface area contributed by atoms with Gasteiger partial charge in [-0.25, -0.2) is 12.7 Å². The lowest BCUT2D eigenvalue weighted by atomic mass is 9.96. The summed E-state index contributed by atoms with van der Waals surface area (Å²) in [5, 5.41) is 2.55. The summed E-state index contributed by atoms with van der Waals surface area (Å²) in [6, 6.07) is 0. The van der Waals surface area contributed by atoms with E-state index in [1.54, 1.807) is 0 Å². The van der Waals surface area contributed by atoms with Gasteiger partial charge in [-0.2, -0.15) is 13.2 Å². The van der Waals surface area contributed by atoms with E-state index in [-0.39, 0.29) is 44.1 Å². The summed E-state index contributed by atoms with van der Waals surface area (Å²) in [7, 11) is -3.41. The van der Waals surface area contributed by atoms with Crippen molar-refractivity contribution in [2.24, 2.45) is 5.92 Å². The molecule has 26 heavy (non-hydrogen) atoms. The Morgan fingerprint density at radius 3 is 2.12 bits per heavy atom. The van der Waals surface area contributed by atoms with Crippen LogP contribution in [0.5, 0.6) is 0 Å². The Bertz CT molecular complexity index is 610. The maximum absolute atomic E-state index is 12.4. The molecule has 2 aliphatic rings. The zero-order chi connectivity index (χ0) is 19.4. The number of rotatable bonds is 5. The van der Waals surface area contributed by atoms with Gasteiger partial charge in [0.2, 0.25) is 15.9 Å². The van der Waals surface area contributed by atoms with Gasteiger partial charge < -0.3 is 10.2 Å². The lowest BCUT2D eigenvalue weighted by Crippen LogP contribution is -2.48. The average molecular weight is 399 g/mol. The fourth-order valence-electron chi connectivity index (χ4n) is 3.24. The first-order chi connectivity index (χ1) is 12.1. The van der Waals surface area contributed by atoms with Crippen molar-refractivity contribution in [3.05, 3.63) is 0 Å². The fourth-order valence-corrected chi connectivity index (χ4v) is 4.68. The van der Waals surface area contributed by atoms with Crippen molar-refractivity contribution in [2.75, 3.05) is 38.5 Å². The standard InChI is InChI=1S/C15H24F3N3O4S/c16-15(17,18)14(23)20-9-4-12(5-10-20)13(22)19-6-11-26(24,25)21-7-2-1-3-8-21/h12H,1-11H2,(H,19,22). The highest BCUT2D eigenvalue weighted by Gasteiger charge is 2.43. The molecule has 0 bridgehead atoms.